The molecule has 0 amide bonds. The van der Waals surface area contributed by atoms with Gasteiger partial charge in [-0.1, -0.05) is 153 Å². The molecule has 5 rings (SSSR count). The standard InChI is InChI=1S/C49H68F3N6O7P/c1-3-5-6-7-8-9-10-11-12-13-14-15-16-17-18-19-20-21-22-26-29-62-47(60)41(32-37-30-38(50)33-39(51)31-37)57-66(61,65-40-27-24-23-25-28-40)63-35-49(4-2)42(59)34-43(64-49)58-36-54-44-45(53)55-48(52)56-46(44)58/h2,23-25,27-28,30-31,33,36,41-43,59H,3,5-22,26,29,32,34-35H2,1H3,(H,57,61)(H2,53,55,56)/t41-,42-,43+,49+,66-/m0/s1. The van der Waals surface area contributed by atoms with E-state index in [4.69, 9.17) is 30.7 Å². The average molecular weight is 941 g/mol. The Hall–Kier alpha value is -4.52. The van der Waals surface area contributed by atoms with Gasteiger partial charge in [0.05, 0.1) is 12.9 Å². The number of hydrogen-bond donors (Lipinski definition) is 3. The quantitative estimate of drug-likeness (QED) is 0.0139. The number of imidazole rings is 1. The first-order chi connectivity index (χ1) is 31.9. The van der Waals surface area contributed by atoms with Gasteiger partial charge in [0.25, 0.3) is 0 Å². The van der Waals surface area contributed by atoms with Crippen LogP contribution in [0.25, 0.3) is 11.2 Å². The molecular formula is C49H68F3N6O7P. The minimum atomic E-state index is -4.69. The maximum Gasteiger partial charge on any atom is 0.459 e. The van der Waals surface area contributed by atoms with Gasteiger partial charge in [0.15, 0.2) is 22.6 Å². The van der Waals surface area contributed by atoms with Gasteiger partial charge in [0.2, 0.25) is 0 Å². The predicted molar refractivity (Wildman–Crippen MR) is 249 cm³/mol. The van der Waals surface area contributed by atoms with Crippen LogP contribution < -0.4 is 15.3 Å². The number of hydrogen-bond acceptors (Lipinski definition) is 11. The Balaban J connectivity index is 1.12. The minimum absolute atomic E-state index is 0.0174. The number of carbonyl (C=O) groups is 1. The third-order valence-corrected chi connectivity index (χ3v) is 13.5. The number of rotatable bonds is 32. The van der Waals surface area contributed by atoms with E-state index in [1.165, 1.54) is 119 Å². The van der Waals surface area contributed by atoms with Crippen LogP contribution in [0, 0.1) is 30.1 Å². The molecule has 1 aliphatic heterocycles. The Morgan fingerprint density at radius 2 is 1.47 bits per heavy atom. The molecule has 17 heteroatoms. The molecule has 4 aromatic rings. The van der Waals surface area contributed by atoms with Crippen LogP contribution in [0.3, 0.4) is 0 Å². The maximum atomic E-state index is 14.8. The average Bonchev–Trinajstić information content (AvgIpc) is 3.86. The van der Waals surface area contributed by atoms with Crippen molar-refractivity contribution in [3.8, 4) is 18.1 Å². The van der Waals surface area contributed by atoms with Crippen molar-refractivity contribution in [3.05, 3.63) is 78.1 Å². The maximum absolute atomic E-state index is 14.8. The summed E-state index contributed by atoms with van der Waals surface area (Å²) in [7, 11) is -4.69. The number of ether oxygens (including phenoxy) is 2. The molecule has 0 saturated carbocycles. The van der Waals surface area contributed by atoms with E-state index in [9.17, 15) is 27.6 Å². The number of esters is 1. The van der Waals surface area contributed by atoms with Crippen LogP contribution in [0.5, 0.6) is 5.75 Å². The number of carbonyl (C=O) groups excluding carboxylic acids is 1. The van der Waals surface area contributed by atoms with Gasteiger partial charge >= 0.3 is 19.8 Å². The number of nitrogens with one attached hydrogen (secondary N) is 1. The number of aliphatic hydroxyl groups excluding tert-OH is 1. The number of nitrogen functional groups attached to an aromatic ring is 1. The summed E-state index contributed by atoms with van der Waals surface area (Å²) in [5, 5.41) is 13.9. The largest absolute Gasteiger partial charge is 0.465 e. The summed E-state index contributed by atoms with van der Waals surface area (Å²) < 4.78 is 82.5. The van der Waals surface area contributed by atoms with Crippen molar-refractivity contribution in [2.24, 2.45) is 0 Å². The second kappa shape index (κ2) is 27.3. The molecule has 362 valence electrons. The topological polar surface area (TPSA) is 173 Å². The van der Waals surface area contributed by atoms with Crippen molar-refractivity contribution in [3.63, 3.8) is 0 Å². The van der Waals surface area contributed by atoms with Gasteiger partial charge in [0.1, 0.15) is 42.4 Å². The predicted octanol–water partition coefficient (Wildman–Crippen LogP) is 11.2. The molecule has 0 aliphatic carbocycles. The zero-order valence-electron chi connectivity index (χ0n) is 38.3. The Bertz CT molecular complexity index is 2160. The minimum Gasteiger partial charge on any atom is -0.465 e. The van der Waals surface area contributed by atoms with Crippen molar-refractivity contribution >= 4 is 30.7 Å². The lowest BCUT2D eigenvalue weighted by molar-refractivity contribution is -0.146. The molecule has 2 aromatic heterocycles. The highest BCUT2D eigenvalue weighted by Gasteiger charge is 2.50. The smallest absolute Gasteiger partial charge is 0.459 e. The van der Waals surface area contributed by atoms with Crippen LogP contribution in [0.4, 0.5) is 19.0 Å². The lowest BCUT2D eigenvalue weighted by atomic mass is 9.99. The van der Waals surface area contributed by atoms with Crippen LogP contribution in [0.1, 0.15) is 154 Å². The van der Waals surface area contributed by atoms with Crippen molar-refractivity contribution in [1.82, 2.24) is 24.6 Å². The van der Waals surface area contributed by atoms with E-state index in [1.54, 1.807) is 18.2 Å². The summed E-state index contributed by atoms with van der Waals surface area (Å²) in [6, 6.07) is 9.23. The molecule has 3 heterocycles. The number of para-hydroxylation sites is 1. The number of nitrogens with two attached hydrogens (primary N) is 1. The zero-order valence-corrected chi connectivity index (χ0v) is 39.2. The number of terminal acetylenes is 1. The number of aromatic nitrogens is 4. The van der Waals surface area contributed by atoms with Crippen LogP contribution in [-0.2, 0) is 29.8 Å². The van der Waals surface area contributed by atoms with Crippen molar-refractivity contribution < 1.29 is 46.2 Å². The van der Waals surface area contributed by atoms with E-state index in [-0.39, 0.29) is 47.7 Å². The molecule has 0 bridgehead atoms. The van der Waals surface area contributed by atoms with Crippen LogP contribution in [0.2, 0.25) is 0 Å². The number of anilines is 1. The molecule has 1 saturated heterocycles. The fraction of sp³-hybridized carbons (Fsp3) is 0.592. The van der Waals surface area contributed by atoms with Gasteiger partial charge in [-0.25, -0.2) is 18.3 Å². The van der Waals surface area contributed by atoms with Gasteiger partial charge in [0, 0.05) is 12.5 Å². The monoisotopic (exact) mass is 940 g/mol. The molecule has 1 aliphatic rings. The Morgan fingerprint density at radius 3 is 2.03 bits per heavy atom. The summed E-state index contributed by atoms with van der Waals surface area (Å²) in [5.74, 6) is -0.345. The number of fused-ring (bicyclic) bond motifs is 1. The first-order valence-corrected chi connectivity index (χ1v) is 25.4. The molecule has 0 radical (unpaired) electrons. The van der Waals surface area contributed by atoms with E-state index in [0.717, 1.165) is 37.8 Å². The normalized spacial score (nSPS) is 18.5. The highest BCUT2D eigenvalue weighted by Crippen LogP contribution is 2.48. The second-order valence-electron chi connectivity index (χ2n) is 17.3. The highest BCUT2D eigenvalue weighted by molar-refractivity contribution is 7.52. The first kappa shape index (κ1) is 52.4. The second-order valence-corrected chi connectivity index (χ2v) is 19.0. The number of halogens is 3. The van der Waals surface area contributed by atoms with E-state index < -0.39 is 62.0 Å². The lowest BCUT2D eigenvalue weighted by Gasteiger charge is -2.30. The van der Waals surface area contributed by atoms with E-state index in [0.29, 0.717) is 12.5 Å². The molecule has 13 nitrogen and oxygen atoms in total. The summed E-state index contributed by atoms with van der Waals surface area (Å²) in [6.45, 7) is 1.57. The van der Waals surface area contributed by atoms with Gasteiger partial charge in [-0.2, -0.15) is 19.4 Å². The SMILES string of the molecule is C#C[C@]1(CO[P@@](=O)(N[C@@H](Cc2cc(F)cc(F)c2)C(=O)OCCCCCCCCCCCCCCCCCCCCCC)Oc2ccccc2)O[C@@H](n2cnc3c(N)nc(F)nc32)C[C@@H]1O. The van der Waals surface area contributed by atoms with Gasteiger partial charge < -0.3 is 24.8 Å². The number of nitrogens with zero attached hydrogens (tertiary/aromatic N) is 4. The first-order valence-electron chi connectivity index (χ1n) is 23.8. The van der Waals surface area contributed by atoms with Gasteiger partial charge in [-0.15, -0.1) is 6.42 Å². The molecule has 0 unspecified atom stereocenters. The molecule has 0 spiro atoms. The molecule has 4 N–H and O–H groups in total. The zero-order chi connectivity index (χ0) is 47.2. The molecular weight excluding hydrogens is 873 g/mol. The van der Waals surface area contributed by atoms with Crippen molar-refractivity contribution in [2.75, 3.05) is 18.9 Å². The Morgan fingerprint density at radius 1 is 0.909 bits per heavy atom. The van der Waals surface area contributed by atoms with Gasteiger partial charge in [-0.05, 0) is 42.7 Å². The fourth-order valence-electron chi connectivity index (χ4n) is 8.20. The van der Waals surface area contributed by atoms with Crippen LogP contribution in [-0.4, -0.2) is 61.6 Å². The number of aliphatic hydroxyl groups is 1. The third kappa shape index (κ3) is 16.7. The van der Waals surface area contributed by atoms with Crippen molar-refractivity contribution in [2.45, 2.75) is 172 Å². The Labute approximate surface area is 387 Å². The van der Waals surface area contributed by atoms with Crippen LogP contribution in [0.15, 0.2) is 54.9 Å². The molecule has 66 heavy (non-hydrogen) atoms. The Kier molecular flexibility index (Phi) is 21.7. The van der Waals surface area contributed by atoms with Crippen molar-refractivity contribution in [1.29, 1.82) is 0 Å². The molecule has 1 fully saturated rings. The number of unbranched alkanes of at least 4 members (excludes halogenated alkanes) is 19. The number of benzene rings is 2. The van der Waals surface area contributed by atoms with E-state index in [2.05, 4.69) is 32.9 Å². The third-order valence-electron chi connectivity index (χ3n) is 11.9. The highest BCUT2D eigenvalue weighted by atomic mass is 31.2. The van der Waals surface area contributed by atoms with Crippen LogP contribution >= 0.6 is 7.75 Å². The van der Waals surface area contributed by atoms with Gasteiger partial charge in [-0.3, -0.25) is 13.9 Å². The summed E-state index contributed by atoms with van der Waals surface area (Å²) in [6.07, 6.45) is 27.7. The molecule has 5 atom stereocenters. The summed E-state index contributed by atoms with van der Waals surface area (Å²) >= 11 is 0. The van der Waals surface area contributed by atoms with E-state index in [1.807, 2.05) is 0 Å². The fourth-order valence-corrected chi connectivity index (χ4v) is 9.72. The van der Waals surface area contributed by atoms with E-state index >= 15 is 0 Å². The summed E-state index contributed by atoms with van der Waals surface area (Å²) in [4.78, 5) is 25.1. The summed E-state index contributed by atoms with van der Waals surface area (Å²) in [5.41, 5.74) is 4.01. The molecule has 2 aromatic carbocycles. The lowest BCUT2D eigenvalue weighted by Crippen LogP contribution is -2.44.